The van der Waals surface area contributed by atoms with Crippen LogP contribution in [0.2, 0.25) is 0 Å². The third kappa shape index (κ3) is 5.44. The summed E-state index contributed by atoms with van der Waals surface area (Å²) in [7, 11) is 0. The third-order valence-electron chi connectivity index (χ3n) is 11.8. The van der Waals surface area contributed by atoms with Crippen LogP contribution in [-0.2, 0) is 0 Å². The molecule has 0 N–H and O–H groups in total. The lowest BCUT2D eigenvalue weighted by molar-refractivity contribution is 0.670. The number of aromatic nitrogens is 2. The molecule has 2 heterocycles. The van der Waals surface area contributed by atoms with Gasteiger partial charge in [0.2, 0.25) is 0 Å². The first-order valence-electron chi connectivity index (χ1n) is 20.1. The van der Waals surface area contributed by atoms with E-state index in [1.807, 2.05) is 24.3 Å². The van der Waals surface area contributed by atoms with Crippen LogP contribution in [0.3, 0.4) is 0 Å². The molecule has 2 aromatic heterocycles. The first kappa shape index (κ1) is 33.3. The van der Waals surface area contributed by atoms with Gasteiger partial charge in [-0.2, -0.15) is 0 Å². The summed E-state index contributed by atoms with van der Waals surface area (Å²) in [6, 6.07) is 73.3. The molecule has 0 aliphatic heterocycles. The molecule has 0 aliphatic rings. The largest absolute Gasteiger partial charge is 0.455 e. The van der Waals surface area contributed by atoms with E-state index >= 15 is 0 Å². The van der Waals surface area contributed by atoms with E-state index in [1.165, 1.54) is 48.7 Å². The maximum Gasteiger partial charge on any atom is 0.160 e. The van der Waals surface area contributed by atoms with Crippen molar-refractivity contribution in [2.75, 3.05) is 0 Å². The van der Waals surface area contributed by atoms with Crippen LogP contribution in [0.5, 0.6) is 0 Å². The molecule has 0 aliphatic carbocycles. The van der Waals surface area contributed by atoms with Gasteiger partial charge in [-0.3, -0.25) is 0 Å². The molecule has 3 nitrogen and oxygen atoms in total. The maximum atomic E-state index is 7.10. The molecule has 0 amide bonds. The summed E-state index contributed by atoms with van der Waals surface area (Å²) in [5, 5.41) is 11.8. The lowest BCUT2D eigenvalue weighted by Gasteiger charge is -2.15. The number of rotatable bonds is 5. The molecule has 0 atom stereocenters. The summed E-state index contributed by atoms with van der Waals surface area (Å²) < 4.78 is 7.10. The average molecular weight is 751 g/mol. The minimum absolute atomic E-state index is 0.679. The van der Waals surface area contributed by atoms with E-state index in [0.717, 1.165) is 66.7 Å². The monoisotopic (exact) mass is 750 g/mol. The Labute approximate surface area is 340 Å². The zero-order valence-corrected chi connectivity index (χ0v) is 31.9. The van der Waals surface area contributed by atoms with Gasteiger partial charge in [0.15, 0.2) is 5.82 Å². The fourth-order valence-electron chi connectivity index (χ4n) is 9.13. The van der Waals surface area contributed by atoms with Gasteiger partial charge in [0.1, 0.15) is 11.2 Å². The number of furan rings is 1. The van der Waals surface area contributed by atoms with Gasteiger partial charge in [-0.05, 0) is 96.2 Å². The Kier molecular flexibility index (Phi) is 7.54. The molecule has 0 saturated carbocycles. The molecule has 0 fully saturated rings. The Hall–Kier alpha value is -7.88. The van der Waals surface area contributed by atoms with Gasteiger partial charge < -0.3 is 4.42 Å². The van der Waals surface area contributed by atoms with Crippen LogP contribution in [-0.4, -0.2) is 9.97 Å². The smallest absolute Gasteiger partial charge is 0.160 e. The molecule has 0 saturated heterocycles. The van der Waals surface area contributed by atoms with Gasteiger partial charge in [-0.25, -0.2) is 9.97 Å². The van der Waals surface area contributed by atoms with Crippen LogP contribution in [0.25, 0.3) is 121 Å². The molecular formula is C56H34N2O. The minimum Gasteiger partial charge on any atom is -0.455 e. The Balaban J connectivity index is 1.21. The molecule has 0 bridgehead atoms. The van der Waals surface area contributed by atoms with Gasteiger partial charge in [-0.1, -0.05) is 170 Å². The zero-order valence-electron chi connectivity index (χ0n) is 31.9. The lowest BCUT2D eigenvalue weighted by Crippen LogP contribution is -1.96. The van der Waals surface area contributed by atoms with Crippen LogP contribution in [0, 0.1) is 0 Å². The first-order chi connectivity index (χ1) is 29.2. The van der Waals surface area contributed by atoms with Crippen molar-refractivity contribution < 1.29 is 4.42 Å². The van der Waals surface area contributed by atoms with Crippen molar-refractivity contribution in [3.05, 3.63) is 206 Å². The molecular weight excluding hydrogens is 717 g/mol. The number of benzene rings is 10. The standard InChI is InChI=1S/C56H34N2O/c1-3-16-35(17-4-1)51-34-52(58-56(57-51)36-18-5-2-6-19-36)46-28-15-29-53-54(46)50-33-39(47-30-37-20-7-9-22-40(37)42-24-11-13-26-44(42)47)32-49(55(50)59-53)48-31-38-21-8-10-23-41(38)43-25-12-14-27-45(43)48/h1-34H. The van der Waals surface area contributed by atoms with Gasteiger partial charge in [0.05, 0.1) is 11.4 Å². The van der Waals surface area contributed by atoms with E-state index in [2.05, 4.69) is 182 Å². The molecule has 274 valence electrons. The number of hydrogen-bond acceptors (Lipinski definition) is 3. The molecule has 10 aromatic carbocycles. The molecule has 12 aromatic rings. The van der Waals surface area contributed by atoms with E-state index in [4.69, 9.17) is 14.4 Å². The predicted octanol–water partition coefficient (Wildman–Crippen LogP) is 15.3. The van der Waals surface area contributed by atoms with Crippen molar-refractivity contribution in [3.8, 4) is 56.2 Å². The van der Waals surface area contributed by atoms with E-state index in [-0.39, 0.29) is 0 Å². The second kappa shape index (κ2) is 13.4. The molecule has 59 heavy (non-hydrogen) atoms. The molecule has 12 rings (SSSR count). The lowest BCUT2D eigenvalue weighted by atomic mass is 9.88. The van der Waals surface area contributed by atoms with Gasteiger partial charge in [-0.15, -0.1) is 0 Å². The highest BCUT2D eigenvalue weighted by molar-refractivity contribution is 6.22. The van der Waals surface area contributed by atoms with Gasteiger partial charge in [0.25, 0.3) is 0 Å². The molecule has 0 unspecified atom stereocenters. The fraction of sp³-hybridized carbons (Fsp3) is 0. The number of fused-ring (bicyclic) bond motifs is 9. The van der Waals surface area contributed by atoms with E-state index in [1.54, 1.807) is 0 Å². The highest BCUT2D eigenvalue weighted by atomic mass is 16.3. The molecule has 3 heteroatoms. The van der Waals surface area contributed by atoms with Gasteiger partial charge in [0, 0.05) is 33.0 Å². The van der Waals surface area contributed by atoms with Crippen LogP contribution < -0.4 is 0 Å². The second-order valence-electron chi connectivity index (χ2n) is 15.3. The zero-order chi connectivity index (χ0) is 38.9. The highest BCUT2D eigenvalue weighted by Gasteiger charge is 2.22. The maximum absolute atomic E-state index is 7.10. The summed E-state index contributed by atoms with van der Waals surface area (Å²) in [4.78, 5) is 10.4. The Morgan fingerprint density at radius 1 is 0.305 bits per heavy atom. The van der Waals surface area contributed by atoms with Crippen molar-refractivity contribution in [2.45, 2.75) is 0 Å². The van der Waals surface area contributed by atoms with Crippen molar-refractivity contribution in [3.63, 3.8) is 0 Å². The summed E-state index contributed by atoms with van der Waals surface area (Å²) >= 11 is 0. The van der Waals surface area contributed by atoms with Crippen molar-refractivity contribution in [1.82, 2.24) is 9.97 Å². The molecule has 0 spiro atoms. The SMILES string of the molecule is c1ccc(-c2cc(-c3cccc4oc5c(-c6cc7ccccc7c7ccccc67)cc(-c6cc7ccccc7c7ccccc67)cc5c34)nc(-c3ccccc3)n2)cc1. The van der Waals surface area contributed by atoms with Crippen molar-refractivity contribution in [2.24, 2.45) is 0 Å². The third-order valence-corrected chi connectivity index (χ3v) is 11.8. The minimum atomic E-state index is 0.679. The first-order valence-corrected chi connectivity index (χ1v) is 20.1. The second-order valence-corrected chi connectivity index (χ2v) is 15.3. The normalized spacial score (nSPS) is 11.7. The van der Waals surface area contributed by atoms with Crippen molar-refractivity contribution in [1.29, 1.82) is 0 Å². The summed E-state index contributed by atoms with van der Waals surface area (Å²) in [6.45, 7) is 0. The van der Waals surface area contributed by atoms with E-state index in [9.17, 15) is 0 Å². The summed E-state index contributed by atoms with van der Waals surface area (Å²) in [5.74, 6) is 0.679. The topological polar surface area (TPSA) is 38.9 Å². The van der Waals surface area contributed by atoms with Crippen LogP contribution >= 0.6 is 0 Å². The Morgan fingerprint density at radius 2 is 0.847 bits per heavy atom. The van der Waals surface area contributed by atoms with Gasteiger partial charge >= 0.3 is 0 Å². The summed E-state index contributed by atoms with van der Waals surface area (Å²) in [6.07, 6.45) is 0. The highest BCUT2D eigenvalue weighted by Crippen LogP contribution is 2.47. The molecule has 0 radical (unpaired) electrons. The number of hydrogen-bond donors (Lipinski definition) is 0. The quantitative estimate of drug-likeness (QED) is 0.164. The van der Waals surface area contributed by atoms with E-state index < -0.39 is 0 Å². The van der Waals surface area contributed by atoms with Crippen LogP contribution in [0.4, 0.5) is 0 Å². The van der Waals surface area contributed by atoms with E-state index in [0.29, 0.717) is 5.82 Å². The summed E-state index contributed by atoms with van der Waals surface area (Å²) in [5.41, 5.74) is 10.9. The predicted molar refractivity (Wildman–Crippen MR) is 247 cm³/mol. The van der Waals surface area contributed by atoms with Crippen LogP contribution in [0.1, 0.15) is 0 Å². The van der Waals surface area contributed by atoms with Crippen molar-refractivity contribution >= 4 is 65.0 Å². The average Bonchev–Trinajstić information content (AvgIpc) is 3.70. The Morgan fingerprint density at radius 3 is 1.53 bits per heavy atom. The number of nitrogens with zero attached hydrogens (tertiary/aromatic N) is 2. The Bertz CT molecular complexity index is 3550. The fourth-order valence-corrected chi connectivity index (χ4v) is 9.13. The van der Waals surface area contributed by atoms with Crippen LogP contribution in [0.15, 0.2) is 211 Å².